The van der Waals surface area contributed by atoms with E-state index < -0.39 is 12.1 Å². The number of nitrogens with one attached hydrogen (secondary N) is 1. The third-order valence-electron chi connectivity index (χ3n) is 3.25. The van der Waals surface area contributed by atoms with E-state index in [-0.39, 0.29) is 6.61 Å². The summed E-state index contributed by atoms with van der Waals surface area (Å²) in [6.45, 7) is 1.96. The van der Waals surface area contributed by atoms with Crippen molar-refractivity contribution in [2.45, 2.75) is 6.92 Å². The molecular weight excluding hydrogens is 348 g/mol. The maximum absolute atomic E-state index is 12.0. The smallest absolute Gasteiger partial charge is 0.427 e. The second-order valence-corrected chi connectivity index (χ2v) is 5.19. The number of hydrogen-bond acceptors (Lipinski definition) is 6. The Morgan fingerprint density at radius 2 is 1.85 bits per heavy atom. The van der Waals surface area contributed by atoms with Gasteiger partial charge in [-0.1, -0.05) is 24.3 Å². The molecule has 0 aromatic heterocycles. The molecule has 0 heterocycles. The van der Waals surface area contributed by atoms with E-state index >= 15 is 0 Å². The van der Waals surface area contributed by atoms with E-state index in [9.17, 15) is 9.59 Å². The molecule has 0 bridgehead atoms. The Morgan fingerprint density at radius 3 is 2.56 bits per heavy atom. The Hall–Kier alpha value is -3.61. The predicted molar refractivity (Wildman–Crippen MR) is 102 cm³/mol. The summed E-state index contributed by atoms with van der Waals surface area (Å²) in [6.07, 6.45) is 3.77. The van der Waals surface area contributed by atoms with Crippen LogP contribution in [0.3, 0.4) is 0 Å². The zero-order valence-corrected chi connectivity index (χ0v) is 15.0. The van der Waals surface area contributed by atoms with Crippen molar-refractivity contribution in [3.05, 3.63) is 65.7 Å². The van der Waals surface area contributed by atoms with Crippen molar-refractivity contribution in [3.8, 4) is 11.5 Å². The molecule has 0 spiro atoms. The first kappa shape index (κ1) is 19.7. The summed E-state index contributed by atoms with van der Waals surface area (Å²) in [7, 11) is 1.59. The zero-order valence-electron chi connectivity index (χ0n) is 15.0. The lowest BCUT2D eigenvalue weighted by Gasteiger charge is -2.03. The lowest BCUT2D eigenvalue weighted by atomic mass is 10.2. The van der Waals surface area contributed by atoms with Crippen LogP contribution in [0.2, 0.25) is 0 Å². The Balaban J connectivity index is 1.92. The average molecular weight is 368 g/mol. The Labute approximate surface area is 157 Å². The number of rotatable bonds is 7. The zero-order chi connectivity index (χ0) is 19.5. The average Bonchev–Trinajstić information content (AvgIpc) is 2.67. The summed E-state index contributed by atoms with van der Waals surface area (Å²) >= 11 is 0. The molecule has 2 aromatic rings. The first-order valence-electron chi connectivity index (χ1n) is 8.20. The van der Waals surface area contributed by atoms with Gasteiger partial charge in [0.2, 0.25) is 0 Å². The van der Waals surface area contributed by atoms with E-state index in [4.69, 9.17) is 9.47 Å². The van der Waals surface area contributed by atoms with Gasteiger partial charge in [0.05, 0.1) is 19.9 Å². The lowest BCUT2D eigenvalue weighted by Crippen LogP contribution is -2.18. The van der Waals surface area contributed by atoms with Crippen molar-refractivity contribution in [3.63, 3.8) is 0 Å². The summed E-state index contributed by atoms with van der Waals surface area (Å²) < 4.78 is 15.0. The third-order valence-corrected chi connectivity index (χ3v) is 3.25. The fourth-order valence-electron chi connectivity index (χ4n) is 2.01. The van der Waals surface area contributed by atoms with E-state index in [2.05, 4.69) is 15.3 Å². The first-order valence-corrected chi connectivity index (χ1v) is 8.20. The van der Waals surface area contributed by atoms with Crippen LogP contribution in [-0.2, 0) is 9.53 Å². The second kappa shape index (κ2) is 10.4. The number of amides is 1. The molecule has 0 fully saturated rings. The largest absolute Gasteiger partial charge is 0.497 e. The maximum atomic E-state index is 12.0. The molecule has 0 aliphatic rings. The van der Waals surface area contributed by atoms with Gasteiger partial charge in [0.1, 0.15) is 11.5 Å². The number of methoxy groups -OCH3 is 1. The van der Waals surface area contributed by atoms with Gasteiger partial charge in [-0.25, -0.2) is 15.0 Å². The number of hydrazone groups is 1. The summed E-state index contributed by atoms with van der Waals surface area (Å²) in [5, 5.41) is 3.76. The normalized spacial score (nSPS) is 10.7. The molecule has 2 aromatic carbocycles. The molecule has 7 heteroatoms. The molecular formula is C20H20N2O5. The molecule has 0 saturated carbocycles. The minimum atomic E-state index is -0.639. The van der Waals surface area contributed by atoms with Gasteiger partial charge in [0.25, 0.3) is 0 Å². The SMILES string of the molecule is CCOC(=O)N/N=C\c1cccc(OC(=O)/C=C/c2ccc(OC)cc2)c1. The van der Waals surface area contributed by atoms with Crippen LogP contribution in [0.5, 0.6) is 11.5 Å². The van der Waals surface area contributed by atoms with Crippen LogP contribution in [-0.4, -0.2) is 32.0 Å². The molecule has 27 heavy (non-hydrogen) atoms. The number of esters is 1. The fourth-order valence-corrected chi connectivity index (χ4v) is 2.01. The van der Waals surface area contributed by atoms with E-state index in [1.165, 1.54) is 12.3 Å². The minimum Gasteiger partial charge on any atom is -0.497 e. The Morgan fingerprint density at radius 1 is 1.07 bits per heavy atom. The van der Waals surface area contributed by atoms with E-state index in [0.29, 0.717) is 11.3 Å². The highest BCUT2D eigenvalue weighted by atomic mass is 16.6. The van der Waals surface area contributed by atoms with Crippen LogP contribution in [0.4, 0.5) is 4.79 Å². The molecule has 0 aliphatic heterocycles. The van der Waals surface area contributed by atoms with Gasteiger partial charge in [-0.3, -0.25) is 0 Å². The summed E-state index contributed by atoms with van der Waals surface area (Å²) in [6, 6.07) is 14.0. The molecule has 2 rings (SSSR count). The van der Waals surface area contributed by atoms with Crippen molar-refractivity contribution in [1.82, 2.24) is 5.43 Å². The van der Waals surface area contributed by atoms with Gasteiger partial charge in [-0.05, 0) is 48.4 Å². The van der Waals surface area contributed by atoms with Gasteiger partial charge in [-0.2, -0.15) is 5.10 Å². The summed E-state index contributed by atoms with van der Waals surface area (Å²) in [4.78, 5) is 23.1. The van der Waals surface area contributed by atoms with Crippen molar-refractivity contribution >= 4 is 24.4 Å². The number of hydrogen-bond donors (Lipinski definition) is 1. The fraction of sp³-hybridized carbons (Fsp3) is 0.150. The number of carbonyl (C=O) groups is 2. The van der Waals surface area contributed by atoms with Gasteiger partial charge < -0.3 is 14.2 Å². The topological polar surface area (TPSA) is 86.2 Å². The van der Waals surface area contributed by atoms with Crippen LogP contribution in [0.1, 0.15) is 18.1 Å². The second-order valence-electron chi connectivity index (χ2n) is 5.19. The van der Waals surface area contributed by atoms with Crippen molar-refractivity contribution in [2.24, 2.45) is 5.10 Å². The van der Waals surface area contributed by atoms with E-state index in [1.807, 2.05) is 12.1 Å². The van der Waals surface area contributed by atoms with Crippen molar-refractivity contribution in [1.29, 1.82) is 0 Å². The number of benzene rings is 2. The van der Waals surface area contributed by atoms with Crippen LogP contribution in [0.15, 0.2) is 59.7 Å². The standard InChI is InChI=1S/C20H20N2O5/c1-3-26-20(24)22-21-14-16-5-4-6-18(13-16)27-19(23)12-9-15-7-10-17(25-2)11-8-15/h4-14H,3H2,1-2H3,(H,22,24)/b12-9+,21-14-. The van der Waals surface area contributed by atoms with Crippen LogP contribution >= 0.6 is 0 Å². The summed E-state index contributed by atoms with van der Waals surface area (Å²) in [5.41, 5.74) is 3.71. The summed E-state index contributed by atoms with van der Waals surface area (Å²) in [5.74, 6) is 0.592. The Kier molecular flexibility index (Phi) is 7.59. The molecule has 0 atom stereocenters. The van der Waals surface area contributed by atoms with Crippen molar-refractivity contribution in [2.75, 3.05) is 13.7 Å². The first-order chi connectivity index (χ1) is 13.1. The highest BCUT2D eigenvalue weighted by molar-refractivity contribution is 5.89. The quantitative estimate of drug-likeness (QED) is 0.266. The molecule has 0 radical (unpaired) electrons. The molecule has 0 saturated heterocycles. The number of ether oxygens (including phenoxy) is 3. The monoisotopic (exact) mass is 368 g/mol. The van der Waals surface area contributed by atoms with Crippen LogP contribution < -0.4 is 14.9 Å². The predicted octanol–water partition coefficient (Wildman–Crippen LogP) is 3.39. The molecule has 0 aliphatic carbocycles. The molecule has 0 unspecified atom stereocenters. The van der Waals surface area contributed by atoms with Gasteiger partial charge in [-0.15, -0.1) is 0 Å². The van der Waals surface area contributed by atoms with E-state index in [0.717, 1.165) is 11.3 Å². The molecule has 1 N–H and O–H groups in total. The molecule has 7 nitrogen and oxygen atoms in total. The number of nitrogens with zero attached hydrogens (tertiary/aromatic N) is 1. The van der Waals surface area contributed by atoms with Crippen LogP contribution in [0.25, 0.3) is 6.08 Å². The van der Waals surface area contributed by atoms with Gasteiger partial charge >= 0.3 is 12.1 Å². The van der Waals surface area contributed by atoms with Crippen LogP contribution in [0, 0.1) is 0 Å². The highest BCUT2D eigenvalue weighted by Gasteiger charge is 2.02. The molecule has 1 amide bonds. The van der Waals surface area contributed by atoms with Gasteiger partial charge in [0, 0.05) is 6.08 Å². The lowest BCUT2D eigenvalue weighted by molar-refractivity contribution is -0.128. The number of carbonyl (C=O) groups excluding carboxylic acids is 2. The molecule has 140 valence electrons. The Bertz CT molecular complexity index is 829. The highest BCUT2D eigenvalue weighted by Crippen LogP contribution is 2.14. The third kappa shape index (κ3) is 7.03. The van der Waals surface area contributed by atoms with Crippen molar-refractivity contribution < 1.29 is 23.8 Å². The van der Waals surface area contributed by atoms with E-state index in [1.54, 1.807) is 56.5 Å². The minimum absolute atomic E-state index is 0.261. The van der Waals surface area contributed by atoms with Gasteiger partial charge in [0.15, 0.2) is 0 Å². The maximum Gasteiger partial charge on any atom is 0.427 e.